The fraction of sp³-hybridized carbons (Fsp3) is 0.500. The molecule has 0 atom stereocenters. The van der Waals surface area contributed by atoms with Crippen molar-refractivity contribution in [3.63, 3.8) is 0 Å². The van der Waals surface area contributed by atoms with Gasteiger partial charge in [0, 0.05) is 27.2 Å². The number of amides is 1. The maximum atomic E-state index is 11.4. The van der Waals surface area contributed by atoms with Crippen LogP contribution in [0.1, 0.15) is 0 Å². The van der Waals surface area contributed by atoms with Gasteiger partial charge in [-0.15, -0.1) is 0 Å². The summed E-state index contributed by atoms with van der Waals surface area (Å²) in [6.45, 7) is 1.31. The van der Waals surface area contributed by atoms with E-state index in [1.54, 1.807) is 14.1 Å². The molecule has 2 N–H and O–H groups in total. The first kappa shape index (κ1) is 11.9. The Labute approximate surface area is 104 Å². The van der Waals surface area contributed by atoms with Crippen molar-refractivity contribution in [1.82, 2.24) is 15.3 Å². The van der Waals surface area contributed by atoms with Crippen molar-refractivity contribution in [2.45, 2.75) is 0 Å². The number of carbonyl (C=O) groups is 1. The third-order valence-corrected chi connectivity index (χ3v) is 3.12. The van der Waals surface area contributed by atoms with Crippen molar-refractivity contribution in [3.8, 4) is 0 Å². The number of aromatic nitrogens is 2. The first-order valence-electron chi connectivity index (χ1n) is 5.32. The van der Waals surface area contributed by atoms with Crippen molar-refractivity contribution in [2.75, 3.05) is 37.4 Å². The second-order valence-corrected chi connectivity index (χ2v) is 4.19. The molecule has 6 nitrogen and oxygen atoms in total. The van der Waals surface area contributed by atoms with Gasteiger partial charge in [0.1, 0.15) is 12.0 Å². The van der Waals surface area contributed by atoms with E-state index in [2.05, 4.69) is 20.6 Å². The van der Waals surface area contributed by atoms with Crippen LogP contribution in [0.5, 0.6) is 0 Å². The van der Waals surface area contributed by atoms with E-state index in [4.69, 9.17) is 11.6 Å². The molecule has 17 heavy (non-hydrogen) atoms. The average molecular weight is 256 g/mol. The van der Waals surface area contributed by atoms with E-state index in [1.165, 1.54) is 6.33 Å². The van der Waals surface area contributed by atoms with Gasteiger partial charge in [-0.2, -0.15) is 0 Å². The van der Waals surface area contributed by atoms with Crippen molar-refractivity contribution in [2.24, 2.45) is 5.92 Å². The Hall–Kier alpha value is -1.56. The van der Waals surface area contributed by atoms with Crippen molar-refractivity contribution in [3.05, 3.63) is 11.5 Å². The van der Waals surface area contributed by atoms with Crippen LogP contribution in [-0.4, -0.2) is 43.1 Å². The van der Waals surface area contributed by atoms with Crippen LogP contribution in [0.25, 0.3) is 0 Å². The molecule has 0 aliphatic carbocycles. The highest BCUT2D eigenvalue weighted by atomic mass is 35.5. The molecule has 1 aliphatic rings. The Morgan fingerprint density at radius 1 is 1.47 bits per heavy atom. The van der Waals surface area contributed by atoms with Gasteiger partial charge < -0.3 is 15.5 Å². The summed E-state index contributed by atoms with van der Waals surface area (Å²) < 4.78 is 0. The summed E-state index contributed by atoms with van der Waals surface area (Å²) in [5, 5.41) is 6.00. The third-order valence-electron chi connectivity index (χ3n) is 2.83. The number of hydrogen-bond acceptors (Lipinski definition) is 5. The average Bonchev–Trinajstić information content (AvgIpc) is 2.27. The lowest BCUT2D eigenvalue weighted by Gasteiger charge is -2.39. The van der Waals surface area contributed by atoms with Crippen LogP contribution in [0.2, 0.25) is 5.15 Å². The zero-order valence-corrected chi connectivity index (χ0v) is 10.5. The topological polar surface area (TPSA) is 70.2 Å². The van der Waals surface area contributed by atoms with E-state index in [1.807, 2.05) is 4.90 Å². The minimum absolute atomic E-state index is 0.0263. The molecular formula is C10H14ClN5O. The van der Waals surface area contributed by atoms with Gasteiger partial charge in [0.2, 0.25) is 5.91 Å². The molecule has 1 amide bonds. The molecule has 0 bridgehead atoms. The molecule has 1 aromatic heterocycles. The fourth-order valence-corrected chi connectivity index (χ4v) is 2.05. The van der Waals surface area contributed by atoms with Crippen molar-refractivity contribution in [1.29, 1.82) is 0 Å². The molecule has 0 unspecified atom stereocenters. The number of anilines is 2. The quantitative estimate of drug-likeness (QED) is 0.763. The summed E-state index contributed by atoms with van der Waals surface area (Å²) in [4.78, 5) is 21.5. The van der Waals surface area contributed by atoms with Crippen LogP contribution in [0.15, 0.2) is 6.33 Å². The molecule has 0 spiro atoms. The lowest BCUT2D eigenvalue weighted by Crippen LogP contribution is -2.53. The van der Waals surface area contributed by atoms with E-state index < -0.39 is 0 Å². The van der Waals surface area contributed by atoms with Gasteiger partial charge >= 0.3 is 0 Å². The number of hydrogen-bond donors (Lipinski definition) is 2. The summed E-state index contributed by atoms with van der Waals surface area (Å²) in [5.74, 6) is 0.832. The molecule has 7 heteroatoms. The maximum absolute atomic E-state index is 11.4. The monoisotopic (exact) mass is 255 g/mol. The second-order valence-electron chi connectivity index (χ2n) is 3.83. The predicted molar refractivity (Wildman–Crippen MR) is 66.4 cm³/mol. The highest BCUT2D eigenvalue weighted by molar-refractivity contribution is 6.32. The molecule has 0 aromatic carbocycles. The fourth-order valence-electron chi connectivity index (χ4n) is 1.83. The number of nitrogens with one attached hydrogen (secondary N) is 2. The van der Waals surface area contributed by atoms with Crippen LogP contribution in [-0.2, 0) is 4.79 Å². The van der Waals surface area contributed by atoms with E-state index in [0.29, 0.717) is 23.9 Å². The zero-order valence-electron chi connectivity index (χ0n) is 9.70. The molecule has 2 heterocycles. The largest absolute Gasteiger partial charge is 0.383 e. The molecule has 0 radical (unpaired) electrons. The summed E-state index contributed by atoms with van der Waals surface area (Å²) in [6.07, 6.45) is 1.42. The van der Waals surface area contributed by atoms with Gasteiger partial charge in [-0.1, -0.05) is 11.6 Å². The Kier molecular flexibility index (Phi) is 3.33. The highest BCUT2D eigenvalue weighted by Crippen LogP contribution is 2.32. The van der Waals surface area contributed by atoms with Crippen LogP contribution in [0.3, 0.4) is 0 Å². The van der Waals surface area contributed by atoms with Crippen molar-refractivity contribution >= 4 is 29.0 Å². The van der Waals surface area contributed by atoms with Gasteiger partial charge in [-0.05, 0) is 0 Å². The Morgan fingerprint density at radius 3 is 2.76 bits per heavy atom. The minimum atomic E-state index is 0.0263. The van der Waals surface area contributed by atoms with Crippen LogP contribution in [0, 0.1) is 5.92 Å². The highest BCUT2D eigenvalue weighted by Gasteiger charge is 2.34. The summed E-state index contributed by atoms with van der Waals surface area (Å²) in [6, 6.07) is 0. The minimum Gasteiger partial charge on any atom is -0.383 e. The number of halogens is 1. The van der Waals surface area contributed by atoms with Gasteiger partial charge in [-0.3, -0.25) is 4.79 Å². The molecule has 1 saturated heterocycles. The lowest BCUT2D eigenvalue weighted by atomic mass is 9.99. The van der Waals surface area contributed by atoms with Gasteiger partial charge in [-0.25, -0.2) is 9.97 Å². The van der Waals surface area contributed by atoms with E-state index >= 15 is 0 Å². The molecule has 1 fully saturated rings. The van der Waals surface area contributed by atoms with Gasteiger partial charge in [0.25, 0.3) is 0 Å². The Bertz CT molecular complexity index is 433. The lowest BCUT2D eigenvalue weighted by molar-refractivity contribution is -0.125. The third kappa shape index (κ3) is 2.12. The first-order valence-corrected chi connectivity index (χ1v) is 5.70. The molecule has 1 aromatic rings. The molecule has 2 rings (SSSR count). The normalized spacial score (nSPS) is 15.4. The van der Waals surface area contributed by atoms with Gasteiger partial charge in [0.05, 0.1) is 5.92 Å². The zero-order chi connectivity index (χ0) is 12.4. The molecule has 92 valence electrons. The van der Waals surface area contributed by atoms with Gasteiger partial charge in [0.15, 0.2) is 11.0 Å². The van der Waals surface area contributed by atoms with E-state index in [0.717, 1.165) is 5.82 Å². The van der Waals surface area contributed by atoms with Crippen molar-refractivity contribution < 1.29 is 4.79 Å². The maximum Gasteiger partial charge on any atom is 0.226 e. The van der Waals surface area contributed by atoms with Crippen LogP contribution in [0.4, 0.5) is 11.5 Å². The molecule has 0 saturated carbocycles. The number of carbonyl (C=O) groups excluding carboxylic acids is 1. The Balaban J connectivity index is 2.11. The SMILES string of the molecule is CNC(=O)C1CN(c2ncnc(Cl)c2NC)C1. The number of nitrogens with zero attached hydrogens (tertiary/aromatic N) is 3. The predicted octanol–water partition coefficient (Wildman–Crippen LogP) is 0.354. The summed E-state index contributed by atoms with van der Waals surface area (Å²) >= 11 is 5.96. The van der Waals surface area contributed by atoms with Crippen LogP contribution < -0.4 is 15.5 Å². The molecule has 1 aliphatic heterocycles. The Morgan fingerprint density at radius 2 is 2.18 bits per heavy atom. The van der Waals surface area contributed by atoms with Crippen LogP contribution >= 0.6 is 11.6 Å². The number of rotatable bonds is 3. The second kappa shape index (κ2) is 4.75. The first-order chi connectivity index (χ1) is 8.17. The summed E-state index contributed by atoms with van der Waals surface area (Å²) in [7, 11) is 3.41. The molecular weight excluding hydrogens is 242 g/mol. The smallest absolute Gasteiger partial charge is 0.226 e. The summed E-state index contributed by atoms with van der Waals surface area (Å²) in [5.41, 5.74) is 0.699. The van der Waals surface area contributed by atoms with E-state index in [9.17, 15) is 4.79 Å². The standard InChI is InChI=1S/C10H14ClN5O/c1-12-7-8(11)14-5-15-9(7)16-3-6(4-16)10(17)13-2/h5-6,12H,3-4H2,1-2H3,(H,13,17). The van der Waals surface area contributed by atoms with E-state index in [-0.39, 0.29) is 11.8 Å².